The minimum Gasteiger partial charge on any atom is -0.387 e. The first-order valence-corrected chi connectivity index (χ1v) is 6.32. The van der Waals surface area contributed by atoms with Crippen LogP contribution in [0.15, 0.2) is 24.3 Å². The van der Waals surface area contributed by atoms with Crippen LogP contribution >= 0.6 is 0 Å². The van der Waals surface area contributed by atoms with E-state index in [-0.39, 0.29) is 5.82 Å². The van der Waals surface area contributed by atoms with Crippen LogP contribution < -0.4 is 5.32 Å². The first-order valence-electron chi connectivity index (χ1n) is 6.32. The standard InChI is InChI=1S/C14H20FNO/c1-10(8-11-2-3-11)16-9-14(17)12-4-6-13(15)7-5-12/h4-7,10-11,14,16-17H,2-3,8-9H2,1H3. The maximum atomic E-state index is 12.7. The number of hydrogen-bond donors (Lipinski definition) is 2. The van der Waals surface area contributed by atoms with Crippen LogP contribution in [-0.2, 0) is 0 Å². The third-order valence-electron chi connectivity index (χ3n) is 3.30. The lowest BCUT2D eigenvalue weighted by Gasteiger charge is -2.17. The summed E-state index contributed by atoms with van der Waals surface area (Å²) in [5, 5.41) is 13.2. The number of nitrogens with one attached hydrogen (secondary N) is 1. The van der Waals surface area contributed by atoms with Crippen molar-refractivity contribution in [3.63, 3.8) is 0 Å². The van der Waals surface area contributed by atoms with E-state index in [9.17, 15) is 9.50 Å². The molecule has 0 amide bonds. The van der Waals surface area contributed by atoms with E-state index < -0.39 is 6.10 Å². The Labute approximate surface area is 102 Å². The van der Waals surface area contributed by atoms with Gasteiger partial charge in [-0.1, -0.05) is 25.0 Å². The molecule has 2 atom stereocenters. The monoisotopic (exact) mass is 237 g/mol. The molecule has 1 aromatic carbocycles. The van der Waals surface area contributed by atoms with Crippen molar-refractivity contribution in [2.45, 2.75) is 38.3 Å². The molecular formula is C14H20FNO. The summed E-state index contributed by atoms with van der Waals surface area (Å²) >= 11 is 0. The van der Waals surface area contributed by atoms with E-state index in [1.807, 2.05) is 0 Å². The van der Waals surface area contributed by atoms with Gasteiger partial charge >= 0.3 is 0 Å². The first kappa shape index (κ1) is 12.5. The average molecular weight is 237 g/mol. The lowest BCUT2D eigenvalue weighted by Crippen LogP contribution is -2.30. The Morgan fingerprint density at radius 1 is 1.35 bits per heavy atom. The van der Waals surface area contributed by atoms with E-state index in [2.05, 4.69) is 12.2 Å². The van der Waals surface area contributed by atoms with Crippen molar-refractivity contribution in [1.29, 1.82) is 0 Å². The van der Waals surface area contributed by atoms with Gasteiger partial charge in [-0.3, -0.25) is 0 Å². The molecule has 0 heterocycles. The van der Waals surface area contributed by atoms with Crippen LogP contribution in [-0.4, -0.2) is 17.7 Å². The topological polar surface area (TPSA) is 32.3 Å². The molecule has 1 aliphatic carbocycles. The molecule has 2 rings (SSSR count). The third-order valence-corrected chi connectivity index (χ3v) is 3.30. The summed E-state index contributed by atoms with van der Waals surface area (Å²) in [6.45, 7) is 2.68. The number of hydrogen-bond acceptors (Lipinski definition) is 2. The van der Waals surface area contributed by atoms with E-state index in [1.165, 1.54) is 31.4 Å². The summed E-state index contributed by atoms with van der Waals surface area (Å²) in [6.07, 6.45) is 3.34. The zero-order valence-corrected chi connectivity index (χ0v) is 10.2. The highest BCUT2D eigenvalue weighted by Gasteiger charge is 2.23. The average Bonchev–Trinajstić information content (AvgIpc) is 3.11. The largest absolute Gasteiger partial charge is 0.387 e. The fraction of sp³-hybridized carbons (Fsp3) is 0.571. The molecule has 0 spiro atoms. The second kappa shape index (κ2) is 5.61. The molecule has 17 heavy (non-hydrogen) atoms. The summed E-state index contributed by atoms with van der Waals surface area (Å²) in [5.74, 6) is 0.622. The predicted molar refractivity (Wildman–Crippen MR) is 66.2 cm³/mol. The predicted octanol–water partition coefficient (Wildman–Crippen LogP) is 2.64. The number of benzene rings is 1. The van der Waals surface area contributed by atoms with Crippen molar-refractivity contribution in [2.75, 3.05) is 6.54 Å². The van der Waals surface area contributed by atoms with Gasteiger partial charge in [0.25, 0.3) is 0 Å². The van der Waals surface area contributed by atoms with E-state index >= 15 is 0 Å². The molecule has 2 nitrogen and oxygen atoms in total. The van der Waals surface area contributed by atoms with Crippen LogP contribution in [0.4, 0.5) is 4.39 Å². The van der Waals surface area contributed by atoms with Crippen molar-refractivity contribution in [1.82, 2.24) is 5.32 Å². The van der Waals surface area contributed by atoms with Gasteiger partial charge in [0.1, 0.15) is 5.82 Å². The second-order valence-electron chi connectivity index (χ2n) is 5.06. The van der Waals surface area contributed by atoms with Crippen molar-refractivity contribution < 1.29 is 9.50 Å². The van der Waals surface area contributed by atoms with Gasteiger partial charge in [0.2, 0.25) is 0 Å². The number of aliphatic hydroxyl groups is 1. The molecule has 0 aromatic heterocycles. The van der Waals surface area contributed by atoms with E-state index in [0.29, 0.717) is 12.6 Å². The molecule has 1 aromatic rings. The normalized spacial score (nSPS) is 19.0. The molecule has 2 unspecified atom stereocenters. The maximum absolute atomic E-state index is 12.7. The highest BCUT2D eigenvalue weighted by atomic mass is 19.1. The Morgan fingerprint density at radius 3 is 2.59 bits per heavy atom. The molecule has 1 aliphatic rings. The molecule has 0 saturated heterocycles. The SMILES string of the molecule is CC(CC1CC1)NCC(O)c1ccc(F)cc1. The number of rotatable bonds is 6. The number of halogens is 1. The lowest BCUT2D eigenvalue weighted by molar-refractivity contribution is 0.169. The Balaban J connectivity index is 1.75. The van der Waals surface area contributed by atoms with Crippen LogP contribution in [0.1, 0.15) is 37.9 Å². The molecule has 0 bridgehead atoms. The van der Waals surface area contributed by atoms with Crippen LogP contribution in [0.5, 0.6) is 0 Å². The van der Waals surface area contributed by atoms with Gasteiger partial charge in [0.15, 0.2) is 0 Å². The van der Waals surface area contributed by atoms with Crippen molar-refractivity contribution in [3.05, 3.63) is 35.6 Å². The van der Waals surface area contributed by atoms with Crippen LogP contribution in [0.25, 0.3) is 0 Å². The van der Waals surface area contributed by atoms with E-state index in [0.717, 1.165) is 11.5 Å². The number of aliphatic hydroxyl groups excluding tert-OH is 1. The van der Waals surface area contributed by atoms with E-state index in [1.54, 1.807) is 12.1 Å². The second-order valence-corrected chi connectivity index (χ2v) is 5.06. The van der Waals surface area contributed by atoms with Crippen molar-refractivity contribution in [3.8, 4) is 0 Å². The van der Waals surface area contributed by atoms with Crippen molar-refractivity contribution in [2.24, 2.45) is 5.92 Å². The molecule has 3 heteroatoms. The van der Waals surface area contributed by atoms with Crippen LogP contribution in [0.3, 0.4) is 0 Å². The van der Waals surface area contributed by atoms with Gasteiger partial charge < -0.3 is 10.4 Å². The third kappa shape index (κ3) is 4.10. The molecule has 1 fully saturated rings. The molecule has 1 saturated carbocycles. The van der Waals surface area contributed by atoms with Crippen LogP contribution in [0.2, 0.25) is 0 Å². The van der Waals surface area contributed by atoms with E-state index in [4.69, 9.17) is 0 Å². The van der Waals surface area contributed by atoms with Gasteiger partial charge in [-0.25, -0.2) is 4.39 Å². The minimum atomic E-state index is -0.558. The summed E-state index contributed by atoms with van der Waals surface area (Å²) in [7, 11) is 0. The molecular weight excluding hydrogens is 217 g/mol. The molecule has 94 valence electrons. The van der Waals surface area contributed by atoms with Gasteiger partial charge in [0.05, 0.1) is 6.10 Å². The Kier molecular flexibility index (Phi) is 4.13. The highest BCUT2D eigenvalue weighted by Crippen LogP contribution is 2.33. The quantitative estimate of drug-likeness (QED) is 0.797. The Morgan fingerprint density at radius 2 is 2.00 bits per heavy atom. The zero-order chi connectivity index (χ0) is 12.3. The molecule has 0 radical (unpaired) electrons. The first-order chi connectivity index (χ1) is 8.15. The Bertz CT molecular complexity index is 348. The fourth-order valence-electron chi connectivity index (χ4n) is 2.05. The minimum absolute atomic E-state index is 0.268. The summed E-state index contributed by atoms with van der Waals surface area (Å²) in [5.41, 5.74) is 0.762. The molecule has 2 N–H and O–H groups in total. The summed E-state index contributed by atoms with van der Waals surface area (Å²) in [6, 6.07) is 6.47. The maximum Gasteiger partial charge on any atom is 0.123 e. The summed E-state index contributed by atoms with van der Waals surface area (Å²) < 4.78 is 12.7. The molecule has 0 aliphatic heterocycles. The summed E-state index contributed by atoms with van der Waals surface area (Å²) in [4.78, 5) is 0. The van der Waals surface area contributed by atoms with Gasteiger partial charge in [-0.05, 0) is 37.0 Å². The fourth-order valence-corrected chi connectivity index (χ4v) is 2.05. The van der Waals surface area contributed by atoms with Gasteiger partial charge in [-0.2, -0.15) is 0 Å². The van der Waals surface area contributed by atoms with Gasteiger partial charge in [-0.15, -0.1) is 0 Å². The Hall–Kier alpha value is -0.930. The lowest BCUT2D eigenvalue weighted by atomic mass is 10.1. The van der Waals surface area contributed by atoms with Gasteiger partial charge in [0, 0.05) is 12.6 Å². The highest BCUT2D eigenvalue weighted by molar-refractivity contribution is 5.18. The smallest absolute Gasteiger partial charge is 0.123 e. The van der Waals surface area contributed by atoms with Crippen LogP contribution in [0, 0.1) is 11.7 Å². The zero-order valence-electron chi connectivity index (χ0n) is 10.2. The van der Waals surface area contributed by atoms with Crippen molar-refractivity contribution >= 4 is 0 Å².